The van der Waals surface area contributed by atoms with Gasteiger partial charge in [-0.25, -0.2) is 0 Å². The quantitative estimate of drug-likeness (QED) is 0.0261. The Bertz CT molecular complexity index is 1310. The first kappa shape index (κ1) is 73.4. The van der Waals surface area contributed by atoms with E-state index in [4.69, 9.17) is 14.2 Å². The molecule has 0 aliphatic heterocycles. The molecule has 0 rings (SSSR count). The molecule has 0 saturated carbocycles. The van der Waals surface area contributed by atoms with Crippen molar-refractivity contribution in [3.63, 3.8) is 0 Å². The number of allylic oxidation sites excluding steroid dienone is 8. The molecule has 0 aliphatic rings. The molecule has 0 aromatic rings. The van der Waals surface area contributed by atoms with Gasteiger partial charge in [0.2, 0.25) is 0 Å². The molecule has 0 heterocycles. The van der Waals surface area contributed by atoms with Crippen LogP contribution in [0, 0.1) is 0 Å². The summed E-state index contributed by atoms with van der Waals surface area (Å²) in [4.78, 5) is 38.3. The van der Waals surface area contributed by atoms with Crippen LogP contribution in [0.1, 0.15) is 361 Å². The number of ether oxygens (including phenoxy) is 3. The lowest BCUT2D eigenvalue weighted by Crippen LogP contribution is -2.30. The van der Waals surface area contributed by atoms with Crippen LogP contribution in [0.2, 0.25) is 0 Å². The second-order valence-electron chi connectivity index (χ2n) is 22.7. The van der Waals surface area contributed by atoms with Crippen molar-refractivity contribution in [1.82, 2.24) is 0 Å². The summed E-state index contributed by atoms with van der Waals surface area (Å²) in [6, 6.07) is 0. The normalized spacial score (nSPS) is 12.3. The van der Waals surface area contributed by atoms with Crippen molar-refractivity contribution in [1.29, 1.82) is 0 Å². The number of esters is 3. The molecular weight excluding hydrogens is 937 g/mol. The van der Waals surface area contributed by atoms with Crippen molar-refractivity contribution in [2.75, 3.05) is 13.2 Å². The van der Waals surface area contributed by atoms with Crippen molar-refractivity contribution in [2.24, 2.45) is 0 Å². The molecule has 1 atom stereocenters. The van der Waals surface area contributed by atoms with Crippen molar-refractivity contribution in [3.05, 3.63) is 48.6 Å². The van der Waals surface area contributed by atoms with E-state index in [9.17, 15) is 14.4 Å². The lowest BCUT2D eigenvalue weighted by molar-refractivity contribution is -0.167. The van der Waals surface area contributed by atoms with Gasteiger partial charge in [0.15, 0.2) is 6.10 Å². The molecule has 76 heavy (non-hydrogen) atoms. The Morgan fingerprint density at radius 2 is 0.513 bits per heavy atom. The van der Waals surface area contributed by atoms with Crippen molar-refractivity contribution >= 4 is 17.9 Å². The first-order valence-corrected chi connectivity index (χ1v) is 33.6. The number of carbonyl (C=O) groups is 3. The van der Waals surface area contributed by atoms with Crippen LogP contribution in [0.25, 0.3) is 0 Å². The number of carbonyl (C=O) groups excluding carboxylic acids is 3. The highest BCUT2D eigenvalue weighted by molar-refractivity contribution is 5.71. The fourth-order valence-electron chi connectivity index (χ4n) is 10.1. The predicted molar refractivity (Wildman–Crippen MR) is 330 cm³/mol. The standard InChI is InChI=1S/C70H128O6/c1-4-7-10-13-16-19-22-25-28-30-32-33-34-35-36-38-39-42-45-48-51-54-57-60-63-69(72)75-66-67(65-74-68(71)62-59-56-53-50-47-44-41-27-24-21-18-15-12-9-6-3)76-70(73)64-61-58-55-52-49-46-43-40-37-31-29-26-23-20-17-14-11-8-5-2/h9,12,18,21,27,41,47,50,67H,4-8,10-11,13-17,19-20,22-26,28-40,42-46,48-49,51-66H2,1-3H3/b12-9-,21-18-,41-27-,50-47-. The van der Waals surface area contributed by atoms with Crippen LogP contribution < -0.4 is 0 Å². The number of unbranched alkanes of at least 4 members (excludes halogenated alkanes) is 43. The monoisotopic (exact) mass is 1060 g/mol. The summed E-state index contributed by atoms with van der Waals surface area (Å²) in [5, 5.41) is 0. The minimum absolute atomic E-state index is 0.0811. The molecule has 0 radical (unpaired) electrons. The molecule has 0 saturated heterocycles. The summed E-state index contributed by atoms with van der Waals surface area (Å²) >= 11 is 0. The van der Waals surface area contributed by atoms with Gasteiger partial charge in [0, 0.05) is 19.3 Å². The Labute approximate surface area is 473 Å². The van der Waals surface area contributed by atoms with Crippen molar-refractivity contribution < 1.29 is 28.6 Å². The van der Waals surface area contributed by atoms with Crippen LogP contribution in [0.15, 0.2) is 48.6 Å². The SMILES string of the molecule is CC/C=C\C/C=C\C/C=C\C/C=C\CCCCC(=O)OCC(COC(=O)CCCCCCCCCCCCCCCCCCCCCCCCCC)OC(=O)CCCCCCCCCCCCCCCCCCCCC. The summed E-state index contributed by atoms with van der Waals surface area (Å²) < 4.78 is 16.9. The fraction of sp³-hybridized carbons (Fsp3) is 0.843. The van der Waals surface area contributed by atoms with E-state index < -0.39 is 6.10 Å². The Balaban J connectivity index is 4.30. The van der Waals surface area contributed by atoms with E-state index >= 15 is 0 Å². The zero-order chi connectivity index (χ0) is 55.0. The van der Waals surface area contributed by atoms with Gasteiger partial charge in [0.25, 0.3) is 0 Å². The second-order valence-corrected chi connectivity index (χ2v) is 22.7. The molecule has 0 spiro atoms. The Kier molecular flexibility index (Phi) is 62.6. The van der Waals surface area contributed by atoms with Crippen LogP contribution in [-0.4, -0.2) is 37.2 Å². The van der Waals surface area contributed by atoms with E-state index in [2.05, 4.69) is 69.4 Å². The smallest absolute Gasteiger partial charge is 0.306 e. The van der Waals surface area contributed by atoms with E-state index in [1.165, 1.54) is 238 Å². The Morgan fingerprint density at radius 1 is 0.276 bits per heavy atom. The van der Waals surface area contributed by atoms with Gasteiger partial charge >= 0.3 is 17.9 Å². The predicted octanol–water partition coefficient (Wildman–Crippen LogP) is 22.9. The van der Waals surface area contributed by atoms with Crippen molar-refractivity contribution in [2.45, 2.75) is 367 Å². The molecule has 0 aromatic carbocycles. The van der Waals surface area contributed by atoms with Crippen molar-refractivity contribution in [3.8, 4) is 0 Å². The van der Waals surface area contributed by atoms with E-state index in [-0.39, 0.29) is 31.1 Å². The highest BCUT2D eigenvalue weighted by atomic mass is 16.6. The zero-order valence-electron chi connectivity index (χ0n) is 51.0. The van der Waals surface area contributed by atoms with E-state index in [0.29, 0.717) is 19.3 Å². The highest BCUT2D eigenvalue weighted by Crippen LogP contribution is 2.18. The number of hydrogen-bond donors (Lipinski definition) is 0. The van der Waals surface area contributed by atoms with Gasteiger partial charge in [-0.1, -0.05) is 333 Å². The Hall–Kier alpha value is -2.63. The maximum Gasteiger partial charge on any atom is 0.306 e. The van der Waals surface area contributed by atoms with Gasteiger partial charge in [-0.3, -0.25) is 14.4 Å². The lowest BCUT2D eigenvalue weighted by atomic mass is 10.0. The first-order chi connectivity index (χ1) is 37.5. The molecule has 1 unspecified atom stereocenters. The average Bonchev–Trinajstić information content (AvgIpc) is 3.42. The second kappa shape index (κ2) is 64.9. The summed E-state index contributed by atoms with van der Waals surface area (Å²) in [5.74, 6) is -0.899. The van der Waals surface area contributed by atoms with Crippen LogP contribution in [0.4, 0.5) is 0 Å². The zero-order valence-corrected chi connectivity index (χ0v) is 51.0. The largest absolute Gasteiger partial charge is 0.462 e. The molecule has 0 aliphatic carbocycles. The van der Waals surface area contributed by atoms with Gasteiger partial charge in [0.1, 0.15) is 13.2 Å². The molecule has 444 valence electrons. The first-order valence-electron chi connectivity index (χ1n) is 33.6. The van der Waals surface area contributed by atoms with Crippen LogP contribution in [0.3, 0.4) is 0 Å². The van der Waals surface area contributed by atoms with Gasteiger partial charge < -0.3 is 14.2 Å². The topological polar surface area (TPSA) is 78.9 Å². The maximum atomic E-state index is 12.9. The minimum atomic E-state index is -0.788. The van der Waals surface area contributed by atoms with Crippen LogP contribution in [0.5, 0.6) is 0 Å². The summed E-state index contributed by atoms with van der Waals surface area (Å²) in [6.45, 7) is 6.56. The van der Waals surface area contributed by atoms with Gasteiger partial charge in [-0.15, -0.1) is 0 Å². The van der Waals surface area contributed by atoms with Crippen LogP contribution in [-0.2, 0) is 28.6 Å². The maximum absolute atomic E-state index is 12.9. The number of hydrogen-bond acceptors (Lipinski definition) is 6. The molecule has 0 bridgehead atoms. The molecule has 6 nitrogen and oxygen atoms in total. The molecule has 0 aromatic heterocycles. The van der Waals surface area contributed by atoms with E-state index in [0.717, 1.165) is 83.5 Å². The average molecular weight is 1070 g/mol. The fourth-order valence-corrected chi connectivity index (χ4v) is 10.1. The molecule has 0 amide bonds. The highest BCUT2D eigenvalue weighted by Gasteiger charge is 2.19. The van der Waals surface area contributed by atoms with Gasteiger partial charge in [0.05, 0.1) is 0 Å². The molecule has 0 N–H and O–H groups in total. The molecular formula is C70H128O6. The lowest BCUT2D eigenvalue weighted by Gasteiger charge is -2.18. The number of rotatable bonds is 62. The third-order valence-electron chi connectivity index (χ3n) is 15.1. The third kappa shape index (κ3) is 62.2. The molecule has 6 heteroatoms. The van der Waals surface area contributed by atoms with E-state index in [1.807, 2.05) is 0 Å². The Morgan fingerprint density at radius 3 is 0.803 bits per heavy atom. The molecule has 0 fully saturated rings. The summed E-state index contributed by atoms with van der Waals surface area (Å²) in [6.07, 6.45) is 81.4. The minimum Gasteiger partial charge on any atom is -0.462 e. The third-order valence-corrected chi connectivity index (χ3v) is 15.1. The summed E-state index contributed by atoms with van der Waals surface area (Å²) in [5.41, 5.74) is 0. The van der Waals surface area contributed by atoms with Crippen LogP contribution >= 0.6 is 0 Å². The van der Waals surface area contributed by atoms with Gasteiger partial charge in [-0.05, 0) is 57.8 Å². The summed E-state index contributed by atoms with van der Waals surface area (Å²) in [7, 11) is 0. The van der Waals surface area contributed by atoms with E-state index in [1.54, 1.807) is 0 Å². The van der Waals surface area contributed by atoms with Gasteiger partial charge in [-0.2, -0.15) is 0 Å².